The third kappa shape index (κ3) is 2.12. The SMILES string of the molecule is Cc1nc2ccc(Cl)nc2n1CC1CN(C(=O)O)C1. The Labute approximate surface area is 114 Å². The Morgan fingerprint density at radius 3 is 2.89 bits per heavy atom. The molecule has 0 aliphatic carbocycles. The van der Waals surface area contributed by atoms with Gasteiger partial charge in [0.2, 0.25) is 0 Å². The Bertz CT molecular complexity index is 648. The molecule has 1 aliphatic heterocycles. The van der Waals surface area contributed by atoms with Gasteiger partial charge in [0.15, 0.2) is 5.65 Å². The van der Waals surface area contributed by atoms with Crippen molar-refractivity contribution in [3.8, 4) is 0 Å². The molecule has 6 nitrogen and oxygen atoms in total. The van der Waals surface area contributed by atoms with Gasteiger partial charge in [0.05, 0.1) is 0 Å². The standard InChI is InChI=1S/C12H13ClN4O2/c1-7-14-9-2-3-10(13)15-11(9)17(7)6-8-4-16(5-8)12(18)19/h2-3,8H,4-6H2,1H3,(H,18,19). The monoisotopic (exact) mass is 280 g/mol. The van der Waals surface area contributed by atoms with Crippen molar-refractivity contribution in [3.05, 3.63) is 23.1 Å². The zero-order valence-electron chi connectivity index (χ0n) is 10.4. The predicted molar refractivity (Wildman–Crippen MR) is 70.4 cm³/mol. The molecular formula is C12H13ClN4O2. The van der Waals surface area contributed by atoms with Crippen LogP contribution in [0, 0.1) is 12.8 Å². The van der Waals surface area contributed by atoms with Gasteiger partial charge in [0.1, 0.15) is 16.5 Å². The van der Waals surface area contributed by atoms with Crippen molar-refractivity contribution < 1.29 is 9.90 Å². The molecule has 0 bridgehead atoms. The van der Waals surface area contributed by atoms with Gasteiger partial charge in [-0.15, -0.1) is 0 Å². The quantitative estimate of drug-likeness (QED) is 0.854. The zero-order valence-corrected chi connectivity index (χ0v) is 11.1. The predicted octanol–water partition coefficient (Wildman–Crippen LogP) is 2.00. The highest BCUT2D eigenvalue weighted by Crippen LogP contribution is 2.22. The van der Waals surface area contributed by atoms with Gasteiger partial charge >= 0.3 is 6.09 Å². The molecule has 0 spiro atoms. The maximum absolute atomic E-state index is 10.7. The van der Waals surface area contributed by atoms with E-state index in [0.29, 0.717) is 24.2 Å². The number of carboxylic acid groups (broad SMARTS) is 1. The van der Waals surface area contributed by atoms with E-state index in [1.54, 1.807) is 6.07 Å². The molecule has 7 heteroatoms. The van der Waals surface area contributed by atoms with Crippen LogP contribution < -0.4 is 0 Å². The average molecular weight is 281 g/mol. The number of amides is 1. The normalized spacial score (nSPS) is 15.8. The van der Waals surface area contributed by atoms with E-state index in [2.05, 4.69) is 9.97 Å². The highest BCUT2D eigenvalue weighted by Gasteiger charge is 2.31. The molecule has 0 unspecified atom stereocenters. The summed E-state index contributed by atoms with van der Waals surface area (Å²) >= 11 is 5.91. The third-order valence-corrected chi connectivity index (χ3v) is 3.63. The second kappa shape index (κ2) is 4.38. The van der Waals surface area contributed by atoms with Crippen molar-refractivity contribution in [1.82, 2.24) is 19.4 Å². The fourth-order valence-electron chi connectivity index (χ4n) is 2.41. The molecule has 2 aromatic rings. The van der Waals surface area contributed by atoms with E-state index in [4.69, 9.17) is 16.7 Å². The molecule has 100 valence electrons. The number of aryl methyl sites for hydroxylation is 1. The van der Waals surface area contributed by atoms with Crippen molar-refractivity contribution in [2.45, 2.75) is 13.5 Å². The molecule has 0 atom stereocenters. The number of imidazole rings is 1. The van der Waals surface area contributed by atoms with Gasteiger partial charge in [-0.05, 0) is 19.1 Å². The van der Waals surface area contributed by atoms with Crippen molar-refractivity contribution in [2.75, 3.05) is 13.1 Å². The summed E-state index contributed by atoms with van der Waals surface area (Å²) in [6.07, 6.45) is -0.857. The highest BCUT2D eigenvalue weighted by atomic mass is 35.5. The fraction of sp³-hybridized carbons (Fsp3) is 0.417. The van der Waals surface area contributed by atoms with Gasteiger partial charge in [-0.2, -0.15) is 0 Å². The number of pyridine rings is 1. The highest BCUT2D eigenvalue weighted by molar-refractivity contribution is 6.29. The van der Waals surface area contributed by atoms with E-state index in [1.807, 2.05) is 17.6 Å². The van der Waals surface area contributed by atoms with Crippen LogP contribution >= 0.6 is 11.6 Å². The van der Waals surface area contributed by atoms with E-state index < -0.39 is 6.09 Å². The zero-order chi connectivity index (χ0) is 13.6. The second-order valence-corrected chi connectivity index (χ2v) is 5.19. The maximum Gasteiger partial charge on any atom is 0.407 e. The van der Waals surface area contributed by atoms with Crippen LogP contribution in [-0.4, -0.2) is 43.7 Å². The van der Waals surface area contributed by atoms with E-state index in [0.717, 1.165) is 23.5 Å². The summed E-state index contributed by atoms with van der Waals surface area (Å²) in [5.41, 5.74) is 1.58. The number of fused-ring (bicyclic) bond motifs is 1. The minimum Gasteiger partial charge on any atom is -0.465 e. The van der Waals surface area contributed by atoms with Crippen LogP contribution in [0.15, 0.2) is 12.1 Å². The Balaban J connectivity index is 1.83. The molecule has 1 aliphatic rings. The van der Waals surface area contributed by atoms with E-state index in [-0.39, 0.29) is 0 Å². The second-order valence-electron chi connectivity index (χ2n) is 4.80. The lowest BCUT2D eigenvalue weighted by Crippen LogP contribution is -2.50. The van der Waals surface area contributed by atoms with Crippen molar-refractivity contribution in [2.24, 2.45) is 5.92 Å². The van der Waals surface area contributed by atoms with Gasteiger partial charge in [0.25, 0.3) is 0 Å². The topological polar surface area (TPSA) is 71.2 Å². The van der Waals surface area contributed by atoms with Crippen molar-refractivity contribution >= 4 is 28.9 Å². The lowest BCUT2D eigenvalue weighted by molar-refractivity contribution is 0.0749. The minimum absolute atomic E-state index is 0.313. The number of likely N-dealkylation sites (tertiary alicyclic amines) is 1. The Kier molecular flexibility index (Phi) is 2.82. The minimum atomic E-state index is -0.857. The van der Waals surface area contributed by atoms with Crippen LogP contribution in [0.5, 0.6) is 0 Å². The number of halogens is 1. The summed E-state index contributed by atoms with van der Waals surface area (Å²) in [6.45, 7) is 3.77. The van der Waals surface area contributed by atoms with E-state index >= 15 is 0 Å². The lowest BCUT2D eigenvalue weighted by atomic mass is 10.0. The summed E-state index contributed by atoms with van der Waals surface area (Å²) < 4.78 is 2.01. The molecule has 0 saturated carbocycles. The van der Waals surface area contributed by atoms with Gasteiger partial charge in [-0.3, -0.25) is 0 Å². The van der Waals surface area contributed by atoms with Gasteiger partial charge in [-0.1, -0.05) is 11.6 Å². The lowest BCUT2D eigenvalue weighted by Gasteiger charge is -2.37. The first-order valence-corrected chi connectivity index (χ1v) is 6.39. The first kappa shape index (κ1) is 12.2. The maximum atomic E-state index is 10.7. The van der Waals surface area contributed by atoms with Gasteiger partial charge in [-0.25, -0.2) is 14.8 Å². The first-order chi connectivity index (χ1) is 9.04. The molecule has 1 saturated heterocycles. The number of hydrogen-bond acceptors (Lipinski definition) is 3. The summed E-state index contributed by atoms with van der Waals surface area (Å²) in [6, 6.07) is 3.56. The fourth-order valence-corrected chi connectivity index (χ4v) is 2.55. The summed E-state index contributed by atoms with van der Waals surface area (Å²) in [5.74, 6) is 1.19. The van der Waals surface area contributed by atoms with E-state index in [1.165, 1.54) is 4.90 Å². The Morgan fingerprint density at radius 2 is 2.21 bits per heavy atom. The largest absolute Gasteiger partial charge is 0.465 e. The molecular weight excluding hydrogens is 268 g/mol. The summed E-state index contributed by atoms with van der Waals surface area (Å²) in [4.78, 5) is 20.9. The number of nitrogens with zero attached hydrogens (tertiary/aromatic N) is 4. The van der Waals surface area contributed by atoms with Gasteiger partial charge < -0.3 is 14.6 Å². The van der Waals surface area contributed by atoms with Crippen LogP contribution in [0.25, 0.3) is 11.2 Å². The Hall–Kier alpha value is -1.82. The van der Waals surface area contributed by atoms with Crippen LogP contribution in [-0.2, 0) is 6.54 Å². The Morgan fingerprint density at radius 1 is 1.47 bits per heavy atom. The molecule has 3 rings (SSSR count). The summed E-state index contributed by atoms with van der Waals surface area (Å²) in [5, 5.41) is 9.26. The smallest absolute Gasteiger partial charge is 0.407 e. The van der Waals surface area contributed by atoms with Crippen molar-refractivity contribution in [1.29, 1.82) is 0 Å². The molecule has 3 heterocycles. The summed E-state index contributed by atoms with van der Waals surface area (Å²) in [7, 11) is 0. The van der Waals surface area contributed by atoms with Crippen LogP contribution in [0.2, 0.25) is 5.15 Å². The molecule has 1 amide bonds. The first-order valence-electron chi connectivity index (χ1n) is 6.02. The average Bonchev–Trinajstić information content (AvgIpc) is 2.58. The molecule has 0 aromatic carbocycles. The molecule has 19 heavy (non-hydrogen) atoms. The van der Waals surface area contributed by atoms with E-state index in [9.17, 15) is 4.79 Å². The van der Waals surface area contributed by atoms with Gasteiger partial charge in [0, 0.05) is 25.6 Å². The number of hydrogen-bond donors (Lipinski definition) is 1. The van der Waals surface area contributed by atoms with Crippen LogP contribution in [0.3, 0.4) is 0 Å². The number of rotatable bonds is 2. The molecule has 0 radical (unpaired) electrons. The molecule has 1 fully saturated rings. The van der Waals surface area contributed by atoms with Crippen LogP contribution in [0.4, 0.5) is 4.79 Å². The van der Waals surface area contributed by atoms with Crippen LogP contribution in [0.1, 0.15) is 5.82 Å². The van der Waals surface area contributed by atoms with Crippen molar-refractivity contribution in [3.63, 3.8) is 0 Å². The third-order valence-electron chi connectivity index (χ3n) is 3.42. The number of carbonyl (C=O) groups is 1. The number of aromatic nitrogens is 3. The molecule has 1 N–H and O–H groups in total. The molecule has 2 aromatic heterocycles.